The molecular formula is C8H14O2. The molecule has 0 radical (unpaired) electrons. The Balaban J connectivity index is 1.92. The topological polar surface area (TPSA) is 29.5 Å². The van der Waals surface area contributed by atoms with E-state index in [-0.39, 0.29) is 11.7 Å². The summed E-state index contributed by atoms with van der Waals surface area (Å²) in [6, 6.07) is 0. The van der Waals surface area contributed by atoms with Crippen molar-refractivity contribution in [3.8, 4) is 0 Å². The third kappa shape index (κ3) is 1.18. The highest BCUT2D eigenvalue weighted by atomic mass is 16.5. The average Bonchev–Trinajstić information content (AvgIpc) is 2.67. The number of aliphatic hydroxyl groups is 1. The average molecular weight is 142 g/mol. The van der Waals surface area contributed by atoms with Crippen molar-refractivity contribution in [2.24, 2.45) is 0 Å². The van der Waals surface area contributed by atoms with Crippen molar-refractivity contribution in [1.29, 1.82) is 0 Å². The van der Waals surface area contributed by atoms with Crippen LogP contribution in [0.1, 0.15) is 32.1 Å². The van der Waals surface area contributed by atoms with Gasteiger partial charge in [-0.05, 0) is 32.1 Å². The van der Waals surface area contributed by atoms with Gasteiger partial charge in [-0.2, -0.15) is 0 Å². The number of aliphatic hydroxyl groups excluding tert-OH is 1. The summed E-state index contributed by atoms with van der Waals surface area (Å²) >= 11 is 0. The molecule has 0 aromatic carbocycles. The second-order valence-corrected chi connectivity index (χ2v) is 3.54. The minimum atomic E-state index is -0.194. The zero-order chi connectivity index (χ0) is 7.03. The Morgan fingerprint density at radius 1 is 1.30 bits per heavy atom. The monoisotopic (exact) mass is 142 g/mol. The molecule has 0 amide bonds. The van der Waals surface area contributed by atoms with Gasteiger partial charge in [0.25, 0.3) is 0 Å². The number of hydrogen-bond donors (Lipinski definition) is 1. The third-order valence-corrected chi connectivity index (χ3v) is 2.56. The van der Waals surface area contributed by atoms with Crippen LogP contribution in [0.5, 0.6) is 0 Å². The fraction of sp³-hybridized carbons (Fsp3) is 1.00. The van der Waals surface area contributed by atoms with Gasteiger partial charge in [0.15, 0.2) is 0 Å². The smallest absolute Gasteiger partial charge is 0.0774 e. The first-order valence-corrected chi connectivity index (χ1v) is 4.13. The summed E-state index contributed by atoms with van der Waals surface area (Å²) in [5, 5.41) is 9.22. The zero-order valence-electron chi connectivity index (χ0n) is 6.18. The Morgan fingerprint density at radius 2 is 2.10 bits per heavy atom. The molecule has 1 heterocycles. The van der Waals surface area contributed by atoms with Crippen LogP contribution in [0.2, 0.25) is 0 Å². The van der Waals surface area contributed by atoms with Crippen LogP contribution in [-0.2, 0) is 4.74 Å². The maximum absolute atomic E-state index is 9.22. The summed E-state index contributed by atoms with van der Waals surface area (Å²) in [5.41, 5.74) is 0.234. The van der Waals surface area contributed by atoms with Crippen LogP contribution in [0.4, 0.5) is 0 Å². The fourth-order valence-electron chi connectivity index (χ4n) is 1.62. The molecule has 1 N–H and O–H groups in total. The summed E-state index contributed by atoms with van der Waals surface area (Å²) in [6.45, 7) is 0.569. The second kappa shape index (κ2) is 2.21. The van der Waals surface area contributed by atoms with E-state index in [1.54, 1.807) is 0 Å². The van der Waals surface area contributed by atoms with Crippen LogP contribution in [0, 0.1) is 0 Å². The SMILES string of the molecule is OC1CCCC2(CC2)OC1. The van der Waals surface area contributed by atoms with Crippen LogP contribution in [0.25, 0.3) is 0 Å². The van der Waals surface area contributed by atoms with E-state index in [1.807, 2.05) is 0 Å². The van der Waals surface area contributed by atoms with Crippen molar-refractivity contribution in [2.45, 2.75) is 43.8 Å². The standard InChI is InChI=1S/C8H14O2/c9-7-2-1-3-8(4-5-8)10-6-7/h7,9H,1-6H2. The van der Waals surface area contributed by atoms with Crippen LogP contribution in [0.15, 0.2) is 0 Å². The molecule has 0 aromatic heterocycles. The van der Waals surface area contributed by atoms with Crippen LogP contribution < -0.4 is 0 Å². The highest BCUT2D eigenvalue weighted by Crippen LogP contribution is 2.45. The summed E-state index contributed by atoms with van der Waals surface area (Å²) in [6.07, 6.45) is 5.49. The molecule has 0 bridgehead atoms. The van der Waals surface area contributed by atoms with Crippen molar-refractivity contribution in [3.05, 3.63) is 0 Å². The van der Waals surface area contributed by atoms with E-state index in [1.165, 1.54) is 19.3 Å². The van der Waals surface area contributed by atoms with Gasteiger partial charge in [-0.1, -0.05) is 0 Å². The van der Waals surface area contributed by atoms with Gasteiger partial charge in [-0.3, -0.25) is 0 Å². The first kappa shape index (κ1) is 6.62. The highest BCUT2D eigenvalue weighted by molar-refractivity contribution is 4.96. The molecular weight excluding hydrogens is 128 g/mol. The summed E-state index contributed by atoms with van der Waals surface area (Å²) in [7, 11) is 0. The van der Waals surface area contributed by atoms with Crippen molar-refractivity contribution in [3.63, 3.8) is 0 Å². The largest absolute Gasteiger partial charge is 0.391 e. The number of ether oxygens (including phenoxy) is 1. The molecule has 2 rings (SSSR count). The van der Waals surface area contributed by atoms with E-state index in [4.69, 9.17) is 4.74 Å². The maximum atomic E-state index is 9.22. The molecule has 1 saturated heterocycles. The lowest BCUT2D eigenvalue weighted by Crippen LogP contribution is -2.17. The lowest BCUT2D eigenvalue weighted by atomic mass is 10.1. The van der Waals surface area contributed by atoms with Gasteiger partial charge < -0.3 is 9.84 Å². The first-order valence-electron chi connectivity index (χ1n) is 4.13. The van der Waals surface area contributed by atoms with Crippen LogP contribution in [-0.4, -0.2) is 23.4 Å². The van der Waals surface area contributed by atoms with E-state index in [2.05, 4.69) is 0 Å². The van der Waals surface area contributed by atoms with Gasteiger partial charge in [0.2, 0.25) is 0 Å². The van der Waals surface area contributed by atoms with Crippen LogP contribution in [0.3, 0.4) is 0 Å². The molecule has 1 saturated carbocycles. The summed E-state index contributed by atoms with van der Waals surface area (Å²) in [5.74, 6) is 0. The Morgan fingerprint density at radius 3 is 2.80 bits per heavy atom. The van der Waals surface area contributed by atoms with E-state index in [0.717, 1.165) is 12.8 Å². The molecule has 10 heavy (non-hydrogen) atoms. The molecule has 1 aliphatic heterocycles. The van der Waals surface area contributed by atoms with Crippen molar-refractivity contribution >= 4 is 0 Å². The minimum Gasteiger partial charge on any atom is -0.391 e. The Kier molecular flexibility index (Phi) is 1.46. The van der Waals surface area contributed by atoms with E-state index in [0.29, 0.717) is 6.61 Å². The third-order valence-electron chi connectivity index (χ3n) is 2.56. The molecule has 58 valence electrons. The van der Waals surface area contributed by atoms with Gasteiger partial charge in [0.05, 0.1) is 18.3 Å². The van der Waals surface area contributed by atoms with Gasteiger partial charge in [-0.25, -0.2) is 0 Å². The minimum absolute atomic E-state index is 0.194. The van der Waals surface area contributed by atoms with Crippen molar-refractivity contribution in [2.75, 3.05) is 6.61 Å². The normalized spacial score (nSPS) is 37.5. The number of rotatable bonds is 0. The Hall–Kier alpha value is -0.0800. The fourth-order valence-corrected chi connectivity index (χ4v) is 1.62. The molecule has 2 fully saturated rings. The Labute approximate surface area is 61.2 Å². The molecule has 1 unspecified atom stereocenters. The molecule has 2 aliphatic rings. The molecule has 2 heteroatoms. The summed E-state index contributed by atoms with van der Waals surface area (Å²) < 4.78 is 5.56. The number of hydrogen-bond acceptors (Lipinski definition) is 2. The quantitative estimate of drug-likeness (QED) is 0.548. The van der Waals surface area contributed by atoms with Gasteiger partial charge >= 0.3 is 0 Å². The van der Waals surface area contributed by atoms with Gasteiger partial charge in [0, 0.05) is 0 Å². The van der Waals surface area contributed by atoms with Crippen molar-refractivity contribution in [1.82, 2.24) is 0 Å². The van der Waals surface area contributed by atoms with E-state index in [9.17, 15) is 5.11 Å². The summed E-state index contributed by atoms with van der Waals surface area (Å²) in [4.78, 5) is 0. The molecule has 1 aliphatic carbocycles. The Bertz CT molecular complexity index is 129. The second-order valence-electron chi connectivity index (χ2n) is 3.54. The highest BCUT2D eigenvalue weighted by Gasteiger charge is 2.44. The van der Waals surface area contributed by atoms with Crippen molar-refractivity contribution < 1.29 is 9.84 Å². The molecule has 0 aromatic rings. The van der Waals surface area contributed by atoms with E-state index < -0.39 is 0 Å². The van der Waals surface area contributed by atoms with Gasteiger partial charge in [-0.15, -0.1) is 0 Å². The predicted octanol–water partition coefficient (Wildman–Crippen LogP) is 1.08. The van der Waals surface area contributed by atoms with E-state index >= 15 is 0 Å². The van der Waals surface area contributed by atoms with Gasteiger partial charge in [0.1, 0.15) is 0 Å². The molecule has 1 atom stereocenters. The first-order chi connectivity index (χ1) is 4.81. The molecule has 1 spiro atoms. The zero-order valence-corrected chi connectivity index (χ0v) is 6.18. The van der Waals surface area contributed by atoms with Crippen LogP contribution >= 0.6 is 0 Å². The predicted molar refractivity (Wildman–Crippen MR) is 37.8 cm³/mol. The lowest BCUT2D eigenvalue weighted by Gasteiger charge is -2.11. The maximum Gasteiger partial charge on any atom is 0.0774 e. The lowest BCUT2D eigenvalue weighted by molar-refractivity contribution is -0.00896. The molecule has 2 nitrogen and oxygen atoms in total.